The lowest BCUT2D eigenvalue weighted by Crippen LogP contribution is -2.27. The van der Waals surface area contributed by atoms with Gasteiger partial charge in [-0.25, -0.2) is 0 Å². The number of aromatic nitrogens is 2. The maximum atomic E-state index is 12.7. The van der Waals surface area contributed by atoms with E-state index >= 15 is 0 Å². The van der Waals surface area contributed by atoms with Gasteiger partial charge in [-0.1, -0.05) is 28.9 Å². The summed E-state index contributed by atoms with van der Waals surface area (Å²) in [4.78, 5) is 29.6. The number of hydrogen-bond acceptors (Lipinski definition) is 6. The minimum atomic E-state index is -0.498. The van der Waals surface area contributed by atoms with Crippen LogP contribution in [0.15, 0.2) is 53.1 Å². The SMILES string of the molecule is CC(=O)Oc1ccccc1C(=O)N(C)Cc1nc(-c2ccc(Cl)cc2)no1. The van der Waals surface area contributed by atoms with Gasteiger partial charge in [0.25, 0.3) is 5.91 Å². The van der Waals surface area contributed by atoms with Crippen molar-refractivity contribution in [2.24, 2.45) is 0 Å². The van der Waals surface area contributed by atoms with Gasteiger partial charge in [-0.3, -0.25) is 9.59 Å². The van der Waals surface area contributed by atoms with E-state index in [-0.39, 0.29) is 29.7 Å². The number of carbonyl (C=O) groups is 2. The average molecular weight is 386 g/mol. The molecule has 0 fully saturated rings. The van der Waals surface area contributed by atoms with Crippen LogP contribution in [-0.2, 0) is 11.3 Å². The van der Waals surface area contributed by atoms with Crippen LogP contribution < -0.4 is 4.74 Å². The Balaban J connectivity index is 1.74. The van der Waals surface area contributed by atoms with Crippen molar-refractivity contribution in [3.05, 3.63) is 65.0 Å². The highest BCUT2D eigenvalue weighted by molar-refractivity contribution is 6.30. The lowest BCUT2D eigenvalue weighted by molar-refractivity contribution is -0.131. The van der Waals surface area contributed by atoms with E-state index in [0.717, 1.165) is 5.56 Å². The largest absolute Gasteiger partial charge is 0.426 e. The van der Waals surface area contributed by atoms with E-state index in [0.29, 0.717) is 10.8 Å². The van der Waals surface area contributed by atoms with Crippen LogP contribution in [0, 0.1) is 0 Å². The molecule has 3 aromatic rings. The van der Waals surface area contributed by atoms with Crippen molar-refractivity contribution in [3.8, 4) is 17.1 Å². The Labute approximate surface area is 160 Å². The second kappa shape index (κ2) is 8.01. The summed E-state index contributed by atoms with van der Waals surface area (Å²) in [6.45, 7) is 1.38. The van der Waals surface area contributed by atoms with E-state index in [9.17, 15) is 9.59 Å². The third kappa shape index (κ3) is 4.51. The van der Waals surface area contributed by atoms with E-state index in [1.54, 1.807) is 55.6 Å². The first-order chi connectivity index (χ1) is 12.9. The van der Waals surface area contributed by atoms with Gasteiger partial charge in [-0.05, 0) is 36.4 Å². The van der Waals surface area contributed by atoms with Gasteiger partial charge in [0.15, 0.2) is 0 Å². The third-order valence-electron chi connectivity index (χ3n) is 3.66. The van der Waals surface area contributed by atoms with E-state index in [2.05, 4.69) is 10.1 Å². The molecule has 0 atom stereocenters. The second-order valence-electron chi connectivity index (χ2n) is 5.77. The topological polar surface area (TPSA) is 85.5 Å². The van der Waals surface area contributed by atoms with Gasteiger partial charge < -0.3 is 14.2 Å². The number of amides is 1. The minimum absolute atomic E-state index is 0.105. The molecule has 0 spiro atoms. The molecule has 0 aliphatic rings. The molecule has 1 aromatic heterocycles. The van der Waals surface area contributed by atoms with Crippen molar-refractivity contribution in [2.45, 2.75) is 13.5 Å². The molecule has 0 saturated heterocycles. The van der Waals surface area contributed by atoms with Crippen molar-refractivity contribution >= 4 is 23.5 Å². The van der Waals surface area contributed by atoms with Gasteiger partial charge in [0.2, 0.25) is 11.7 Å². The van der Waals surface area contributed by atoms with Crippen LogP contribution in [0.4, 0.5) is 0 Å². The standard InChI is InChI=1S/C19H16ClN3O4/c1-12(24)26-16-6-4-3-5-15(16)19(25)23(2)11-17-21-18(22-27-17)13-7-9-14(20)10-8-13/h3-10H,11H2,1-2H3. The first-order valence-electron chi connectivity index (χ1n) is 8.05. The Morgan fingerprint density at radius 1 is 1.15 bits per heavy atom. The lowest BCUT2D eigenvalue weighted by Gasteiger charge is -2.16. The van der Waals surface area contributed by atoms with Crippen molar-refractivity contribution in [1.82, 2.24) is 15.0 Å². The summed E-state index contributed by atoms with van der Waals surface area (Å²) >= 11 is 5.87. The fraction of sp³-hybridized carbons (Fsp3) is 0.158. The molecule has 8 heteroatoms. The van der Waals surface area contributed by atoms with Crippen LogP contribution in [0.1, 0.15) is 23.2 Å². The molecule has 3 rings (SSSR count). The zero-order valence-electron chi connectivity index (χ0n) is 14.7. The number of halogens is 1. The maximum absolute atomic E-state index is 12.7. The number of esters is 1. The zero-order valence-corrected chi connectivity index (χ0v) is 15.4. The zero-order chi connectivity index (χ0) is 19.4. The number of para-hydroxylation sites is 1. The Morgan fingerprint density at radius 3 is 2.56 bits per heavy atom. The Kier molecular flexibility index (Phi) is 5.52. The average Bonchev–Trinajstić information content (AvgIpc) is 3.10. The van der Waals surface area contributed by atoms with Crippen LogP contribution in [0.5, 0.6) is 5.75 Å². The van der Waals surface area contributed by atoms with Crippen molar-refractivity contribution < 1.29 is 18.8 Å². The smallest absolute Gasteiger partial charge is 0.308 e. The van der Waals surface area contributed by atoms with Crippen LogP contribution >= 0.6 is 11.6 Å². The monoisotopic (exact) mass is 385 g/mol. The molecule has 1 heterocycles. The molecule has 7 nitrogen and oxygen atoms in total. The molecule has 0 saturated carbocycles. The molecule has 0 N–H and O–H groups in total. The fourth-order valence-electron chi connectivity index (χ4n) is 2.40. The number of nitrogens with zero attached hydrogens (tertiary/aromatic N) is 3. The quantitative estimate of drug-likeness (QED) is 0.493. The summed E-state index contributed by atoms with van der Waals surface area (Å²) in [5.74, 6) is 0.0540. The van der Waals surface area contributed by atoms with Crippen LogP contribution in [-0.4, -0.2) is 34.0 Å². The summed E-state index contributed by atoms with van der Waals surface area (Å²) < 4.78 is 10.3. The van der Waals surface area contributed by atoms with E-state index in [1.807, 2.05) is 0 Å². The summed E-state index contributed by atoms with van der Waals surface area (Å²) in [6, 6.07) is 13.5. The summed E-state index contributed by atoms with van der Waals surface area (Å²) in [5, 5.41) is 4.53. The number of rotatable bonds is 5. The van der Waals surface area contributed by atoms with Crippen molar-refractivity contribution in [3.63, 3.8) is 0 Å². The third-order valence-corrected chi connectivity index (χ3v) is 3.91. The Hall–Kier alpha value is -3.19. The Morgan fingerprint density at radius 2 is 1.85 bits per heavy atom. The predicted octanol–water partition coefficient (Wildman–Crippen LogP) is 3.59. The van der Waals surface area contributed by atoms with Crippen molar-refractivity contribution in [1.29, 1.82) is 0 Å². The van der Waals surface area contributed by atoms with Crippen LogP contribution in [0.3, 0.4) is 0 Å². The molecule has 27 heavy (non-hydrogen) atoms. The van der Waals surface area contributed by atoms with Gasteiger partial charge in [0, 0.05) is 24.6 Å². The maximum Gasteiger partial charge on any atom is 0.308 e. The molecule has 0 unspecified atom stereocenters. The summed E-state index contributed by atoms with van der Waals surface area (Å²) in [6.07, 6.45) is 0. The minimum Gasteiger partial charge on any atom is -0.426 e. The molecule has 2 aromatic carbocycles. The first kappa shape index (κ1) is 18.6. The number of benzene rings is 2. The van der Waals surface area contributed by atoms with E-state index in [1.165, 1.54) is 11.8 Å². The normalized spacial score (nSPS) is 10.5. The van der Waals surface area contributed by atoms with Gasteiger partial charge in [0.1, 0.15) is 12.3 Å². The molecular weight excluding hydrogens is 370 g/mol. The van der Waals surface area contributed by atoms with Crippen molar-refractivity contribution in [2.75, 3.05) is 7.05 Å². The summed E-state index contributed by atoms with van der Waals surface area (Å²) in [7, 11) is 1.60. The molecule has 0 aliphatic carbocycles. The number of hydrogen-bond donors (Lipinski definition) is 0. The molecule has 0 bridgehead atoms. The highest BCUT2D eigenvalue weighted by Gasteiger charge is 2.20. The fourth-order valence-corrected chi connectivity index (χ4v) is 2.53. The van der Waals surface area contributed by atoms with Crippen LogP contribution in [0.25, 0.3) is 11.4 Å². The molecular formula is C19H16ClN3O4. The van der Waals surface area contributed by atoms with E-state index < -0.39 is 5.97 Å². The van der Waals surface area contributed by atoms with Gasteiger partial charge in [-0.2, -0.15) is 4.98 Å². The molecule has 0 aliphatic heterocycles. The van der Waals surface area contributed by atoms with Gasteiger partial charge in [-0.15, -0.1) is 0 Å². The number of ether oxygens (including phenoxy) is 1. The predicted molar refractivity (Wildman–Crippen MR) is 98.3 cm³/mol. The highest BCUT2D eigenvalue weighted by Crippen LogP contribution is 2.22. The second-order valence-corrected chi connectivity index (χ2v) is 6.21. The van der Waals surface area contributed by atoms with Gasteiger partial charge >= 0.3 is 5.97 Å². The summed E-state index contributed by atoms with van der Waals surface area (Å²) in [5.41, 5.74) is 1.02. The lowest BCUT2D eigenvalue weighted by atomic mass is 10.1. The molecule has 0 radical (unpaired) electrons. The van der Waals surface area contributed by atoms with Gasteiger partial charge in [0.05, 0.1) is 5.56 Å². The van der Waals surface area contributed by atoms with Crippen LogP contribution in [0.2, 0.25) is 5.02 Å². The molecule has 138 valence electrons. The molecule has 1 amide bonds. The highest BCUT2D eigenvalue weighted by atomic mass is 35.5. The first-order valence-corrected chi connectivity index (χ1v) is 8.43. The Bertz CT molecular complexity index is 969. The van der Waals surface area contributed by atoms with E-state index in [4.69, 9.17) is 20.9 Å². The number of carbonyl (C=O) groups excluding carboxylic acids is 2.